The number of carbonyl (C=O) groups excluding carboxylic acids is 1. The summed E-state index contributed by atoms with van der Waals surface area (Å²) in [5.74, 6) is 0.485. The van der Waals surface area contributed by atoms with Gasteiger partial charge in [-0.15, -0.1) is 0 Å². The standard InChI is InChI=1S/C21H21N3O3/c1-3-27-18-10-6-16(7-11-18)19-12-21(26)24(14-22-19)13-20(25)23-17-8-4-15(2)5-9-17/h4-12,14H,3,13H2,1-2H3,(H,23,25). The smallest absolute Gasteiger partial charge is 0.254 e. The molecule has 0 spiro atoms. The topological polar surface area (TPSA) is 73.2 Å². The van der Waals surface area contributed by atoms with Crippen LogP contribution in [0.1, 0.15) is 12.5 Å². The summed E-state index contributed by atoms with van der Waals surface area (Å²) in [4.78, 5) is 28.8. The first kappa shape index (κ1) is 18.4. The number of nitrogens with one attached hydrogen (secondary N) is 1. The molecule has 0 saturated heterocycles. The van der Waals surface area contributed by atoms with Crippen molar-refractivity contribution in [2.45, 2.75) is 20.4 Å². The quantitative estimate of drug-likeness (QED) is 0.730. The fraction of sp³-hybridized carbons (Fsp3) is 0.190. The molecule has 0 radical (unpaired) electrons. The molecule has 0 aliphatic carbocycles. The lowest BCUT2D eigenvalue weighted by molar-refractivity contribution is -0.116. The van der Waals surface area contributed by atoms with Gasteiger partial charge in [0.1, 0.15) is 12.3 Å². The molecule has 0 unspecified atom stereocenters. The number of anilines is 1. The van der Waals surface area contributed by atoms with Gasteiger partial charge in [-0.25, -0.2) is 4.98 Å². The Labute approximate surface area is 157 Å². The van der Waals surface area contributed by atoms with E-state index in [-0.39, 0.29) is 18.0 Å². The first-order valence-corrected chi connectivity index (χ1v) is 8.71. The van der Waals surface area contributed by atoms with Gasteiger partial charge in [-0.2, -0.15) is 0 Å². The van der Waals surface area contributed by atoms with E-state index in [9.17, 15) is 9.59 Å². The largest absolute Gasteiger partial charge is 0.494 e. The Morgan fingerprint density at radius 1 is 1.11 bits per heavy atom. The van der Waals surface area contributed by atoms with Gasteiger partial charge < -0.3 is 10.1 Å². The second-order valence-electron chi connectivity index (χ2n) is 6.11. The van der Waals surface area contributed by atoms with E-state index < -0.39 is 0 Å². The van der Waals surface area contributed by atoms with Crippen LogP contribution >= 0.6 is 0 Å². The van der Waals surface area contributed by atoms with Crippen molar-refractivity contribution in [2.24, 2.45) is 0 Å². The zero-order valence-electron chi connectivity index (χ0n) is 15.3. The molecule has 6 heteroatoms. The molecule has 0 saturated carbocycles. The van der Waals surface area contributed by atoms with Crippen LogP contribution in [0, 0.1) is 6.92 Å². The second kappa shape index (κ2) is 8.31. The van der Waals surface area contributed by atoms with Crippen molar-refractivity contribution < 1.29 is 9.53 Å². The van der Waals surface area contributed by atoms with Gasteiger partial charge in [-0.1, -0.05) is 17.7 Å². The predicted molar refractivity (Wildman–Crippen MR) is 105 cm³/mol. The first-order chi connectivity index (χ1) is 13.0. The highest BCUT2D eigenvalue weighted by Gasteiger charge is 2.08. The number of hydrogen-bond donors (Lipinski definition) is 1. The summed E-state index contributed by atoms with van der Waals surface area (Å²) >= 11 is 0. The number of carbonyl (C=O) groups is 1. The molecule has 0 bridgehead atoms. The summed E-state index contributed by atoms with van der Waals surface area (Å²) < 4.78 is 6.69. The Kier molecular flexibility index (Phi) is 5.66. The normalized spacial score (nSPS) is 10.4. The summed E-state index contributed by atoms with van der Waals surface area (Å²) in [6.45, 7) is 4.40. The average Bonchev–Trinajstić information content (AvgIpc) is 2.66. The Balaban J connectivity index is 1.69. The number of aryl methyl sites for hydroxylation is 1. The molecule has 1 heterocycles. The van der Waals surface area contributed by atoms with E-state index in [0.29, 0.717) is 18.0 Å². The Bertz CT molecular complexity index is 977. The summed E-state index contributed by atoms with van der Waals surface area (Å²) in [6.07, 6.45) is 1.39. The molecular weight excluding hydrogens is 342 g/mol. The third kappa shape index (κ3) is 4.82. The highest BCUT2D eigenvalue weighted by Crippen LogP contribution is 2.19. The predicted octanol–water partition coefficient (Wildman–Crippen LogP) is 3.26. The molecule has 6 nitrogen and oxygen atoms in total. The van der Waals surface area contributed by atoms with Gasteiger partial charge in [0.05, 0.1) is 18.6 Å². The molecule has 3 rings (SSSR count). The van der Waals surface area contributed by atoms with Crippen LogP contribution in [0.4, 0.5) is 5.69 Å². The molecule has 27 heavy (non-hydrogen) atoms. The maximum absolute atomic E-state index is 12.3. The molecule has 1 N–H and O–H groups in total. The number of hydrogen-bond acceptors (Lipinski definition) is 4. The summed E-state index contributed by atoms with van der Waals surface area (Å²) in [6, 6.07) is 16.3. The molecular formula is C21H21N3O3. The van der Waals surface area contributed by atoms with Crippen molar-refractivity contribution in [3.05, 3.63) is 76.8 Å². The van der Waals surface area contributed by atoms with Gasteiger partial charge in [0, 0.05) is 17.3 Å². The monoisotopic (exact) mass is 363 g/mol. The first-order valence-electron chi connectivity index (χ1n) is 8.71. The van der Waals surface area contributed by atoms with Crippen LogP contribution in [0.25, 0.3) is 11.3 Å². The SMILES string of the molecule is CCOc1ccc(-c2cc(=O)n(CC(=O)Nc3ccc(C)cc3)cn2)cc1. The minimum atomic E-state index is -0.284. The van der Waals surface area contributed by atoms with Crippen LogP contribution in [0.15, 0.2) is 65.7 Å². The van der Waals surface area contributed by atoms with E-state index >= 15 is 0 Å². The number of benzene rings is 2. The van der Waals surface area contributed by atoms with Gasteiger partial charge in [0.15, 0.2) is 0 Å². The summed E-state index contributed by atoms with van der Waals surface area (Å²) in [5.41, 5.74) is 2.88. The van der Waals surface area contributed by atoms with Crippen molar-refractivity contribution in [1.82, 2.24) is 9.55 Å². The summed E-state index contributed by atoms with van der Waals surface area (Å²) in [7, 11) is 0. The zero-order valence-corrected chi connectivity index (χ0v) is 15.3. The van der Waals surface area contributed by atoms with Gasteiger partial charge in [-0.05, 0) is 50.2 Å². The van der Waals surface area contributed by atoms with Crippen molar-refractivity contribution in [2.75, 3.05) is 11.9 Å². The van der Waals surface area contributed by atoms with E-state index in [0.717, 1.165) is 16.9 Å². The molecule has 2 aromatic carbocycles. The highest BCUT2D eigenvalue weighted by molar-refractivity contribution is 5.90. The minimum absolute atomic E-state index is 0.0940. The lowest BCUT2D eigenvalue weighted by atomic mass is 10.1. The fourth-order valence-corrected chi connectivity index (χ4v) is 2.58. The number of amides is 1. The fourth-order valence-electron chi connectivity index (χ4n) is 2.58. The minimum Gasteiger partial charge on any atom is -0.494 e. The second-order valence-corrected chi connectivity index (χ2v) is 6.11. The van der Waals surface area contributed by atoms with Crippen LogP contribution in [-0.2, 0) is 11.3 Å². The van der Waals surface area contributed by atoms with Crippen molar-refractivity contribution in [1.29, 1.82) is 0 Å². The number of ether oxygens (including phenoxy) is 1. The third-order valence-corrected chi connectivity index (χ3v) is 3.99. The van der Waals surface area contributed by atoms with Gasteiger partial charge >= 0.3 is 0 Å². The molecule has 0 fully saturated rings. The third-order valence-electron chi connectivity index (χ3n) is 3.99. The molecule has 0 aliphatic heterocycles. The highest BCUT2D eigenvalue weighted by atomic mass is 16.5. The van der Waals surface area contributed by atoms with Crippen LogP contribution < -0.4 is 15.6 Å². The molecule has 1 aromatic heterocycles. The molecule has 0 atom stereocenters. The van der Waals surface area contributed by atoms with E-state index in [2.05, 4.69) is 10.3 Å². The van der Waals surface area contributed by atoms with E-state index in [1.54, 1.807) is 0 Å². The Morgan fingerprint density at radius 3 is 2.44 bits per heavy atom. The number of aromatic nitrogens is 2. The Morgan fingerprint density at radius 2 is 1.81 bits per heavy atom. The van der Waals surface area contributed by atoms with Crippen LogP contribution in [0.3, 0.4) is 0 Å². The Hall–Kier alpha value is -3.41. The van der Waals surface area contributed by atoms with Crippen LogP contribution in [0.2, 0.25) is 0 Å². The average molecular weight is 363 g/mol. The number of nitrogens with zero attached hydrogens (tertiary/aromatic N) is 2. The van der Waals surface area contributed by atoms with Crippen LogP contribution in [0.5, 0.6) is 5.75 Å². The van der Waals surface area contributed by atoms with E-state index in [1.807, 2.05) is 62.4 Å². The van der Waals surface area contributed by atoms with Gasteiger partial charge in [0.2, 0.25) is 5.91 Å². The maximum Gasteiger partial charge on any atom is 0.254 e. The lowest BCUT2D eigenvalue weighted by Crippen LogP contribution is -2.27. The van der Waals surface area contributed by atoms with Gasteiger partial charge in [-0.3, -0.25) is 14.2 Å². The van der Waals surface area contributed by atoms with Crippen molar-refractivity contribution in [3.8, 4) is 17.0 Å². The van der Waals surface area contributed by atoms with Crippen molar-refractivity contribution in [3.63, 3.8) is 0 Å². The molecule has 0 aliphatic rings. The van der Waals surface area contributed by atoms with Gasteiger partial charge in [0.25, 0.3) is 5.56 Å². The van der Waals surface area contributed by atoms with Crippen LogP contribution in [-0.4, -0.2) is 22.1 Å². The lowest BCUT2D eigenvalue weighted by Gasteiger charge is -2.09. The molecule has 1 amide bonds. The van der Waals surface area contributed by atoms with Crippen molar-refractivity contribution >= 4 is 11.6 Å². The van der Waals surface area contributed by atoms with E-state index in [1.165, 1.54) is 17.0 Å². The number of rotatable bonds is 6. The molecule has 3 aromatic rings. The maximum atomic E-state index is 12.3. The summed E-state index contributed by atoms with van der Waals surface area (Å²) in [5, 5.41) is 2.77. The zero-order chi connectivity index (χ0) is 19.2. The molecule has 138 valence electrons. The van der Waals surface area contributed by atoms with E-state index in [4.69, 9.17) is 4.74 Å².